The molecule has 0 saturated carbocycles. The molecule has 0 atom stereocenters. The molecule has 28 heavy (non-hydrogen) atoms. The predicted molar refractivity (Wildman–Crippen MR) is 111 cm³/mol. The molecule has 1 aromatic heterocycles. The summed E-state index contributed by atoms with van der Waals surface area (Å²) in [6.07, 6.45) is 0. The van der Waals surface area contributed by atoms with E-state index in [0.29, 0.717) is 17.3 Å². The molecule has 0 amide bonds. The van der Waals surface area contributed by atoms with Gasteiger partial charge in [-0.2, -0.15) is 4.98 Å². The van der Waals surface area contributed by atoms with Crippen molar-refractivity contribution in [3.8, 4) is 22.8 Å². The Morgan fingerprint density at radius 2 is 1.32 bits per heavy atom. The van der Waals surface area contributed by atoms with Gasteiger partial charge in [0.15, 0.2) is 10.7 Å². The highest BCUT2D eigenvalue weighted by Gasteiger charge is 2.22. The Hall–Kier alpha value is -2.47. The second-order valence-corrected chi connectivity index (χ2v) is 10.1. The molecule has 0 fully saturated rings. The lowest BCUT2D eigenvalue weighted by Gasteiger charge is -2.25. The van der Waals surface area contributed by atoms with E-state index in [1.165, 1.54) is 23.3 Å². The van der Waals surface area contributed by atoms with Crippen LogP contribution in [0.3, 0.4) is 0 Å². The molecule has 0 saturated heterocycles. The van der Waals surface area contributed by atoms with Gasteiger partial charge in [-0.3, -0.25) is 0 Å². The van der Waals surface area contributed by atoms with Crippen LogP contribution in [0.15, 0.2) is 51.9 Å². The van der Waals surface area contributed by atoms with Crippen molar-refractivity contribution in [1.82, 2.24) is 10.1 Å². The number of thiol groups is 1. The van der Waals surface area contributed by atoms with Crippen LogP contribution >= 0.6 is 0 Å². The third-order valence-electron chi connectivity index (χ3n) is 4.67. The van der Waals surface area contributed by atoms with E-state index in [9.17, 15) is 8.42 Å². The number of hydrogen-bond acceptors (Lipinski definition) is 5. The van der Waals surface area contributed by atoms with Gasteiger partial charge in [-0.1, -0.05) is 52.8 Å². The van der Waals surface area contributed by atoms with Gasteiger partial charge in [0.25, 0.3) is 5.89 Å². The number of rotatable bonds is 3. The summed E-state index contributed by atoms with van der Waals surface area (Å²) < 4.78 is 27.6. The first-order valence-electron chi connectivity index (χ1n) is 9.20. The highest BCUT2D eigenvalue weighted by Crippen LogP contribution is 2.34. The van der Waals surface area contributed by atoms with E-state index in [0.717, 1.165) is 5.56 Å². The minimum absolute atomic E-state index is 0.0102. The Morgan fingerprint density at radius 1 is 0.786 bits per heavy atom. The van der Waals surface area contributed by atoms with Gasteiger partial charge in [-0.05, 0) is 58.4 Å². The van der Waals surface area contributed by atoms with Crippen LogP contribution in [0.4, 0.5) is 0 Å². The molecule has 5 nitrogen and oxygen atoms in total. The molecule has 148 valence electrons. The van der Waals surface area contributed by atoms with Gasteiger partial charge in [0.2, 0.25) is 5.82 Å². The van der Waals surface area contributed by atoms with Gasteiger partial charge in [-0.15, -0.1) is 0 Å². The van der Waals surface area contributed by atoms with E-state index in [1.807, 2.05) is 0 Å². The third kappa shape index (κ3) is 4.33. The normalized spacial score (nSPS) is 12.5. The Kier molecular flexibility index (Phi) is 5.19. The van der Waals surface area contributed by atoms with Crippen molar-refractivity contribution in [1.29, 1.82) is 0 Å². The summed E-state index contributed by atoms with van der Waals surface area (Å²) in [6, 6.07) is 12.9. The molecular weight excluding hydrogens is 372 g/mol. The van der Waals surface area contributed by atoms with Crippen molar-refractivity contribution in [2.45, 2.75) is 57.3 Å². The van der Waals surface area contributed by atoms with E-state index in [1.54, 1.807) is 12.1 Å². The molecule has 0 bridgehead atoms. The van der Waals surface area contributed by atoms with Crippen molar-refractivity contribution >= 4 is 10.7 Å². The van der Waals surface area contributed by atoms with Crippen LogP contribution in [0.1, 0.15) is 52.7 Å². The quantitative estimate of drug-likeness (QED) is 0.631. The molecule has 6 heteroatoms. The zero-order valence-electron chi connectivity index (χ0n) is 17.1. The van der Waals surface area contributed by atoms with E-state index in [2.05, 4.69) is 69.9 Å². The maximum absolute atomic E-state index is 11.1. The highest BCUT2D eigenvalue weighted by atomic mass is 32.2. The smallest absolute Gasteiger partial charge is 0.258 e. The molecule has 0 aliphatic heterocycles. The first-order valence-corrected chi connectivity index (χ1v) is 10.4. The topological polar surface area (TPSA) is 73.1 Å². The van der Waals surface area contributed by atoms with E-state index >= 15 is 0 Å². The summed E-state index contributed by atoms with van der Waals surface area (Å²) in [7, 11) is -2.60. The SMILES string of the molecule is CC(C)(C)c1cc(-c2nc(-c3ccc([SH](=O)=O)cc3)no2)cc(C(C)(C)C)c1. The fourth-order valence-electron chi connectivity index (χ4n) is 2.81. The minimum Gasteiger partial charge on any atom is -0.334 e. The predicted octanol–water partition coefficient (Wildman–Crippen LogP) is 4.97. The average molecular weight is 399 g/mol. The number of aromatic nitrogens is 2. The van der Waals surface area contributed by atoms with Gasteiger partial charge in [0, 0.05) is 11.1 Å². The summed E-state index contributed by atoms with van der Waals surface area (Å²) in [5, 5.41) is 4.08. The van der Waals surface area contributed by atoms with Crippen LogP contribution in [0.25, 0.3) is 22.8 Å². The van der Waals surface area contributed by atoms with Crippen LogP contribution in [-0.2, 0) is 21.5 Å². The monoisotopic (exact) mass is 398 g/mol. The van der Waals surface area contributed by atoms with Crippen molar-refractivity contribution in [2.75, 3.05) is 0 Å². The van der Waals surface area contributed by atoms with Gasteiger partial charge in [-0.25, -0.2) is 8.42 Å². The zero-order chi connectivity index (χ0) is 20.7. The second kappa shape index (κ2) is 7.17. The zero-order valence-corrected chi connectivity index (χ0v) is 18.0. The number of hydrogen-bond donors (Lipinski definition) is 1. The molecular formula is C22H26N2O3S. The van der Waals surface area contributed by atoms with Gasteiger partial charge in [0.1, 0.15) is 0 Å². The van der Waals surface area contributed by atoms with Gasteiger partial charge in [0.05, 0.1) is 4.90 Å². The lowest BCUT2D eigenvalue weighted by Crippen LogP contribution is -2.16. The summed E-state index contributed by atoms with van der Waals surface area (Å²) in [5.41, 5.74) is 3.98. The molecule has 3 aromatic rings. The first-order chi connectivity index (χ1) is 12.9. The summed E-state index contributed by atoms with van der Waals surface area (Å²) in [5.74, 6) is 0.881. The average Bonchev–Trinajstić information content (AvgIpc) is 3.10. The van der Waals surface area contributed by atoms with Crippen molar-refractivity contribution < 1.29 is 12.9 Å². The molecule has 3 rings (SSSR count). The van der Waals surface area contributed by atoms with E-state index in [4.69, 9.17) is 4.52 Å². The Balaban J connectivity index is 2.05. The number of benzene rings is 2. The van der Waals surface area contributed by atoms with Crippen molar-refractivity contribution in [3.63, 3.8) is 0 Å². The van der Waals surface area contributed by atoms with Crippen molar-refractivity contribution in [2.24, 2.45) is 0 Å². The Morgan fingerprint density at radius 3 is 1.79 bits per heavy atom. The fourth-order valence-corrected chi connectivity index (χ4v) is 3.20. The van der Waals surface area contributed by atoms with Crippen LogP contribution < -0.4 is 0 Å². The van der Waals surface area contributed by atoms with Gasteiger partial charge >= 0.3 is 0 Å². The number of nitrogens with zero attached hydrogens (tertiary/aromatic N) is 2. The lowest BCUT2D eigenvalue weighted by molar-refractivity contribution is 0.432. The molecule has 0 radical (unpaired) electrons. The summed E-state index contributed by atoms with van der Waals surface area (Å²) in [4.78, 5) is 4.80. The van der Waals surface area contributed by atoms with Crippen LogP contribution in [0, 0.1) is 0 Å². The van der Waals surface area contributed by atoms with E-state index < -0.39 is 10.7 Å². The van der Waals surface area contributed by atoms with E-state index in [-0.39, 0.29) is 15.7 Å². The van der Waals surface area contributed by atoms with Crippen LogP contribution in [-0.4, -0.2) is 18.6 Å². The molecule has 2 aromatic carbocycles. The van der Waals surface area contributed by atoms with Crippen LogP contribution in [0.2, 0.25) is 0 Å². The maximum atomic E-state index is 11.1. The standard InChI is InChI=1S/C22H26N2O3S/c1-21(2,3)16-11-15(12-17(13-16)22(4,5)6)20-23-19(24-27-20)14-7-9-18(10-8-14)28(25)26/h7-13,28H,1-6H3. The molecule has 0 aliphatic carbocycles. The highest BCUT2D eigenvalue weighted by molar-refractivity contribution is 7.72. The molecule has 0 N–H and O–H groups in total. The molecule has 0 aliphatic rings. The van der Waals surface area contributed by atoms with Crippen molar-refractivity contribution in [3.05, 3.63) is 53.6 Å². The Labute approximate surface area is 167 Å². The third-order valence-corrected chi connectivity index (χ3v) is 5.39. The largest absolute Gasteiger partial charge is 0.334 e. The summed E-state index contributed by atoms with van der Waals surface area (Å²) >= 11 is 0. The molecule has 0 spiro atoms. The maximum Gasteiger partial charge on any atom is 0.258 e. The lowest BCUT2D eigenvalue weighted by atomic mass is 9.79. The minimum atomic E-state index is -2.60. The van der Waals surface area contributed by atoms with Crippen LogP contribution in [0.5, 0.6) is 0 Å². The molecule has 0 unspecified atom stereocenters. The molecule has 1 heterocycles. The summed E-state index contributed by atoms with van der Waals surface area (Å²) in [6.45, 7) is 13.1. The van der Waals surface area contributed by atoms with Gasteiger partial charge < -0.3 is 4.52 Å². The Bertz CT molecular complexity index is 1030. The first kappa shape index (κ1) is 20.3. The fraction of sp³-hybridized carbons (Fsp3) is 0.364. The second-order valence-electron chi connectivity index (χ2n) is 9.03.